The van der Waals surface area contributed by atoms with Crippen molar-refractivity contribution in [3.8, 4) is 11.5 Å². The van der Waals surface area contributed by atoms with Gasteiger partial charge in [0, 0.05) is 11.8 Å². The van der Waals surface area contributed by atoms with Gasteiger partial charge in [0.1, 0.15) is 0 Å². The minimum absolute atomic E-state index is 0.152. The summed E-state index contributed by atoms with van der Waals surface area (Å²) in [6.45, 7) is 4.20. The van der Waals surface area contributed by atoms with Crippen LogP contribution in [0.25, 0.3) is 0 Å². The molecule has 0 aliphatic carbocycles. The van der Waals surface area contributed by atoms with Crippen LogP contribution in [-0.2, 0) is 4.79 Å². The molecule has 1 aromatic carbocycles. The predicted octanol–water partition coefficient (Wildman–Crippen LogP) is 1.73. The molecule has 98 valence electrons. The molecule has 0 aromatic heterocycles. The highest BCUT2D eigenvalue weighted by atomic mass is 16.7. The second kappa shape index (κ2) is 5.27. The van der Waals surface area contributed by atoms with E-state index in [0.717, 1.165) is 6.42 Å². The summed E-state index contributed by atoms with van der Waals surface area (Å²) < 4.78 is 10.4. The van der Waals surface area contributed by atoms with E-state index in [-0.39, 0.29) is 18.6 Å². The van der Waals surface area contributed by atoms with E-state index >= 15 is 0 Å². The van der Waals surface area contributed by atoms with Crippen LogP contribution in [0.1, 0.15) is 20.3 Å². The molecule has 1 aliphatic rings. The first-order valence-electron chi connectivity index (χ1n) is 6.08. The Morgan fingerprint density at radius 2 is 2.17 bits per heavy atom. The van der Waals surface area contributed by atoms with Crippen molar-refractivity contribution in [2.75, 3.05) is 12.1 Å². The monoisotopic (exact) mass is 250 g/mol. The van der Waals surface area contributed by atoms with Gasteiger partial charge in [0.15, 0.2) is 11.5 Å². The maximum absolute atomic E-state index is 11.9. The Morgan fingerprint density at radius 1 is 1.44 bits per heavy atom. The molecule has 2 rings (SSSR count). The van der Waals surface area contributed by atoms with Crippen LogP contribution in [0.5, 0.6) is 11.5 Å². The Balaban J connectivity index is 2.03. The number of ether oxygens (including phenoxy) is 2. The zero-order chi connectivity index (χ0) is 13.1. The Morgan fingerprint density at radius 3 is 2.89 bits per heavy atom. The van der Waals surface area contributed by atoms with Gasteiger partial charge < -0.3 is 20.5 Å². The lowest BCUT2D eigenvalue weighted by molar-refractivity contribution is -0.118. The Bertz CT molecular complexity index is 448. The molecule has 0 fully saturated rings. The van der Waals surface area contributed by atoms with Crippen molar-refractivity contribution in [1.82, 2.24) is 0 Å². The molecule has 0 saturated carbocycles. The minimum atomic E-state index is -0.500. The predicted molar refractivity (Wildman–Crippen MR) is 68.6 cm³/mol. The summed E-state index contributed by atoms with van der Waals surface area (Å²) in [5, 5.41) is 2.79. The Hall–Kier alpha value is -1.75. The van der Waals surface area contributed by atoms with Crippen molar-refractivity contribution < 1.29 is 14.3 Å². The first-order valence-corrected chi connectivity index (χ1v) is 6.08. The van der Waals surface area contributed by atoms with E-state index in [1.54, 1.807) is 18.2 Å². The number of carbonyl (C=O) groups excluding carboxylic acids is 1. The van der Waals surface area contributed by atoms with Gasteiger partial charge in [0.2, 0.25) is 12.7 Å². The molecule has 3 N–H and O–H groups in total. The summed E-state index contributed by atoms with van der Waals surface area (Å²) in [5.74, 6) is 1.31. The number of anilines is 1. The fourth-order valence-electron chi connectivity index (χ4n) is 1.71. The van der Waals surface area contributed by atoms with Crippen LogP contribution in [0.15, 0.2) is 18.2 Å². The van der Waals surface area contributed by atoms with E-state index < -0.39 is 6.04 Å². The number of hydrogen-bond donors (Lipinski definition) is 2. The summed E-state index contributed by atoms with van der Waals surface area (Å²) in [7, 11) is 0. The van der Waals surface area contributed by atoms with E-state index in [1.165, 1.54) is 0 Å². The summed E-state index contributed by atoms with van der Waals surface area (Å²) in [6, 6.07) is 4.78. The standard InChI is InChI=1S/C13H18N2O3/c1-3-8(2)12(14)13(16)15-9-4-5-10-11(6-9)18-7-17-10/h4-6,8,12H,3,7,14H2,1-2H3,(H,15,16)/t8-,12-/m0/s1. The SMILES string of the molecule is CC[C@H](C)[C@H](N)C(=O)Nc1ccc2c(c1)OCO2. The number of rotatable bonds is 4. The van der Waals surface area contributed by atoms with Crippen LogP contribution in [0, 0.1) is 5.92 Å². The topological polar surface area (TPSA) is 73.6 Å². The van der Waals surface area contributed by atoms with Crippen LogP contribution >= 0.6 is 0 Å². The third kappa shape index (κ3) is 2.56. The van der Waals surface area contributed by atoms with Gasteiger partial charge in [-0.15, -0.1) is 0 Å². The zero-order valence-electron chi connectivity index (χ0n) is 10.6. The summed E-state index contributed by atoms with van der Waals surface area (Å²) in [4.78, 5) is 11.9. The van der Waals surface area contributed by atoms with Crippen LogP contribution in [0.4, 0.5) is 5.69 Å². The van der Waals surface area contributed by atoms with Gasteiger partial charge in [0.05, 0.1) is 6.04 Å². The van der Waals surface area contributed by atoms with Gasteiger partial charge in [-0.2, -0.15) is 0 Å². The summed E-state index contributed by atoms with van der Waals surface area (Å²) in [5.41, 5.74) is 6.53. The molecule has 0 unspecified atom stereocenters. The molecule has 0 saturated heterocycles. The smallest absolute Gasteiger partial charge is 0.241 e. The molecule has 2 atom stereocenters. The first kappa shape index (κ1) is 12.7. The quantitative estimate of drug-likeness (QED) is 0.853. The average molecular weight is 250 g/mol. The third-order valence-electron chi connectivity index (χ3n) is 3.20. The van der Waals surface area contributed by atoms with E-state index in [2.05, 4.69) is 5.32 Å². The number of carbonyl (C=O) groups is 1. The molecule has 0 bridgehead atoms. The number of nitrogens with two attached hydrogens (primary N) is 1. The lowest BCUT2D eigenvalue weighted by Crippen LogP contribution is -2.40. The van der Waals surface area contributed by atoms with Crippen LogP contribution in [0.2, 0.25) is 0 Å². The molecule has 1 heterocycles. The number of hydrogen-bond acceptors (Lipinski definition) is 4. The fraction of sp³-hybridized carbons (Fsp3) is 0.462. The number of benzene rings is 1. The van der Waals surface area contributed by atoms with Crippen molar-refractivity contribution in [3.63, 3.8) is 0 Å². The summed E-state index contributed by atoms with van der Waals surface area (Å²) >= 11 is 0. The zero-order valence-corrected chi connectivity index (χ0v) is 10.6. The van der Waals surface area contributed by atoms with Crippen LogP contribution in [0.3, 0.4) is 0 Å². The molecule has 1 amide bonds. The number of amides is 1. The molecule has 5 heteroatoms. The largest absolute Gasteiger partial charge is 0.454 e. The second-order valence-electron chi connectivity index (χ2n) is 4.47. The van der Waals surface area contributed by atoms with Crippen molar-refractivity contribution in [2.24, 2.45) is 11.7 Å². The molecular weight excluding hydrogens is 232 g/mol. The molecule has 1 aliphatic heterocycles. The molecule has 18 heavy (non-hydrogen) atoms. The second-order valence-corrected chi connectivity index (χ2v) is 4.47. The van der Waals surface area contributed by atoms with E-state index in [4.69, 9.17) is 15.2 Å². The Kier molecular flexibility index (Phi) is 3.72. The van der Waals surface area contributed by atoms with Gasteiger partial charge in [0.25, 0.3) is 0 Å². The van der Waals surface area contributed by atoms with Gasteiger partial charge in [-0.05, 0) is 18.1 Å². The van der Waals surface area contributed by atoms with Gasteiger partial charge in [-0.25, -0.2) is 0 Å². The van der Waals surface area contributed by atoms with Crippen molar-refractivity contribution in [1.29, 1.82) is 0 Å². The van der Waals surface area contributed by atoms with Crippen molar-refractivity contribution >= 4 is 11.6 Å². The lowest BCUT2D eigenvalue weighted by Gasteiger charge is -2.17. The van der Waals surface area contributed by atoms with Crippen LogP contribution < -0.4 is 20.5 Å². The first-order chi connectivity index (χ1) is 8.61. The van der Waals surface area contributed by atoms with E-state index in [1.807, 2.05) is 13.8 Å². The fourth-order valence-corrected chi connectivity index (χ4v) is 1.71. The lowest BCUT2D eigenvalue weighted by atomic mass is 9.99. The molecule has 0 spiro atoms. The maximum atomic E-state index is 11.9. The average Bonchev–Trinajstić information content (AvgIpc) is 2.84. The molecule has 0 radical (unpaired) electrons. The summed E-state index contributed by atoms with van der Waals surface area (Å²) in [6.07, 6.45) is 0.871. The highest BCUT2D eigenvalue weighted by molar-refractivity contribution is 5.95. The number of nitrogens with one attached hydrogen (secondary N) is 1. The van der Waals surface area contributed by atoms with Gasteiger partial charge >= 0.3 is 0 Å². The van der Waals surface area contributed by atoms with Crippen molar-refractivity contribution in [2.45, 2.75) is 26.3 Å². The third-order valence-corrected chi connectivity index (χ3v) is 3.20. The van der Waals surface area contributed by atoms with Gasteiger partial charge in [-0.1, -0.05) is 20.3 Å². The molecule has 1 aromatic rings. The van der Waals surface area contributed by atoms with E-state index in [9.17, 15) is 4.79 Å². The van der Waals surface area contributed by atoms with Gasteiger partial charge in [-0.3, -0.25) is 4.79 Å². The molecule has 5 nitrogen and oxygen atoms in total. The normalized spacial score (nSPS) is 16.2. The highest BCUT2D eigenvalue weighted by Crippen LogP contribution is 2.34. The highest BCUT2D eigenvalue weighted by Gasteiger charge is 2.20. The van der Waals surface area contributed by atoms with E-state index in [0.29, 0.717) is 17.2 Å². The molecular formula is C13H18N2O3. The minimum Gasteiger partial charge on any atom is -0.454 e. The maximum Gasteiger partial charge on any atom is 0.241 e. The van der Waals surface area contributed by atoms with Crippen LogP contribution in [-0.4, -0.2) is 18.7 Å². The van der Waals surface area contributed by atoms with Crippen molar-refractivity contribution in [3.05, 3.63) is 18.2 Å². The Labute approximate surface area is 106 Å². The number of fused-ring (bicyclic) bond motifs is 1.